The largest absolute Gasteiger partial charge is 0.474 e. The third-order valence-electron chi connectivity index (χ3n) is 5.25. The molecule has 2 aromatic heterocycles. The van der Waals surface area contributed by atoms with Crippen LogP contribution < -0.4 is 15.4 Å². The molecular weight excluding hydrogens is 451 g/mol. The van der Waals surface area contributed by atoms with Crippen LogP contribution in [0, 0.1) is 11.6 Å². The number of pyridine rings is 1. The molecule has 7 nitrogen and oxygen atoms in total. The molecule has 3 N–H and O–H groups in total. The van der Waals surface area contributed by atoms with E-state index in [4.69, 9.17) is 4.74 Å². The topological polar surface area (TPSA) is 96.1 Å². The molecule has 1 saturated carbocycles. The van der Waals surface area contributed by atoms with Crippen molar-refractivity contribution in [1.82, 2.24) is 15.3 Å². The van der Waals surface area contributed by atoms with Crippen LogP contribution in [0.4, 0.5) is 27.6 Å². The number of carbonyl (C=O) groups is 2. The van der Waals surface area contributed by atoms with Crippen LogP contribution in [0.2, 0.25) is 0 Å². The lowest BCUT2D eigenvalue weighted by Crippen LogP contribution is -2.41. The molecule has 0 radical (unpaired) electrons. The van der Waals surface area contributed by atoms with Crippen molar-refractivity contribution >= 4 is 28.4 Å². The molecule has 2 atom stereocenters. The van der Waals surface area contributed by atoms with Crippen LogP contribution in [0.25, 0.3) is 10.9 Å². The Balaban J connectivity index is 1.30. The predicted molar refractivity (Wildman–Crippen MR) is 106 cm³/mol. The van der Waals surface area contributed by atoms with Crippen LogP contribution in [0.5, 0.6) is 5.88 Å². The standard InChI is InChI=1S/C21H17F5N4O3/c22-14-6-13-16(7-15(14)23)27-9-17(13)30-20(32)19(31)29-11-2-3-12(5-11)33-18-4-1-10(8-28-18)21(24,25)26/h1,4,6-9,11-12,27H,2-3,5H2,(H,29,31)(H,30,32). The first-order chi connectivity index (χ1) is 15.6. The minimum atomic E-state index is -4.49. The number of amides is 2. The molecule has 33 heavy (non-hydrogen) atoms. The van der Waals surface area contributed by atoms with E-state index >= 15 is 0 Å². The Morgan fingerprint density at radius 2 is 1.85 bits per heavy atom. The normalized spacial score (nSPS) is 18.3. The fourth-order valence-electron chi connectivity index (χ4n) is 3.62. The lowest BCUT2D eigenvalue weighted by atomic mass is 10.2. The first-order valence-electron chi connectivity index (χ1n) is 9.88. The van der Waals surface area contributed by atoms with Crippen molar-refractivity contribution in [3.8, 4) is 5.88 Å². The summed E-state index contributed by atoms with van der Waals surface area (Å²) in [6.45, 7) is 0. The van der Waals surface area contributed by atoms with Gasteiger partial charge in [0, 0.05) is 42.4 Å². The summed E-state index contributed by atoms with van der Waals surface area (Å²) < 4.78 is 70.2. The summed E-state index contributed by atoms with van der Waals surface area (Å²) in [6.07, 6.45) is -1.58. The Hall–Kier alpha value is -3.70. The number of hydrogen-bond donors (Lipinski definition) is 3. The fraction of sp³-hybridized carbons (Fsp3) is 0.286. The van der Waals surface area contributed by atoms with Crippen molar-refractivity contribution in [3.05, 3.63) is 53.9 Å². The van der Waals surface area contributed by atoms with Crippen molar-refractivity contribution in [3.63, 3.8) is 0 Å². The molecular formula is C21H17F5N4O3. The second kappa shape index (κ2) is 8.68. The number of H-pyrrole nitrogens is 1. The molecule has 3 aromatic rings. The zero-order chi connectivity index (χ0) is 23.8. The van der Waals surface area contributed by atoms with E-state index in [1.807, 2.05) is 0 Å². The summed E-state index contributed by atoms with van der Waals surface area (Å²) in [5, 5.41) is 5.11. The zero-order valence-electron chi connectivity index (χ0n) is 16.8. The van der Waals surface area contributed by atoms with Gasteiger partial charge in [0.1, 0.15) is 6.10 Å². The Bertz CT molecular complexity index is 1190. The fourth-order valence-corrected chi connectivity index (χ4v) is 3.62. The third-order valence-corrected chi connectivity index (χ3v) is 5.25. The highest BCUT2D eigenvalue weighted by molar-refractivity contribution is 6.40. The summed E-state index contributed by atoms with van der Waals surface area (Å²) in [6, 6.07) is 3.44. The first-order valence-corrected chi connectivity index (χ1v) is 9.88. The molecule has 0 bridgehead atoms. The number of nitrogens with one attached hydrogen (secondary N) is 3. The van der Waals surface area contributed by atoms with E-state index in [9.17, 15) is 31.5 Å². The molecule has 4 rings (SSSR count). The molecule has 12 heteroatoms. The van der Waals surface area contributed by atoms with Crippen molar-refractivity contribution in [2.75, 3.05) is 5.32 Å². The van der Waals surface area contributed by atoms with Gasteiger partial charge in [0.25, 0.3) is 0 Å². The SMILES string of the molecule is O=C(Nc1c[nH]c2cc(F)c(F)cc12)C(=O)NC1CCC(Oc2ccc(C(F)(F)F)cn2)C1. The van der Waals surface area contributed by atoms with Gasteiger partial charge in [-0.1, -0.05) is 0 Å². The average molecular weight is 468 g/mol. The summed E-state index contributed by atoms with van der Waals surface area (Å²) in [5.74, 6) is -4.04. The Kier molecular flexibility index (Phi) is 5.91. The molecule has 1 aromatic carbocycles. The number of nitrogens with zero attached hydrogens (tertiary/aromatic N) is 1. The number of aromatic nitrogens is 2. The highest BCUT2D eigenvalue weighted by atomic mass is 19.4. The molecule has 1 aliphatic rings. The summed E-state index contributed by atoms with van der Waals surface area (Å²) >= 11 is 0. The van der Waals surface area contributed by atoms with Crippen LogP contribution in [0.3, 0.4) is 0 Å². The number of alkyl halides is 3. The van der Waals surface area contributed by atoms with Crippen molar-refractivity contribution in [2.45, 2.75) is 37.6 Å². The van der Waals surface area contributed by atoms with Gasteiger partial charge in [0.15, 0.2) is 11.6 Å². The minimum Gasteiger partial charge on any atom is -0.474 e. The Labute approximate surface area is 183 Å². The highest BCUT2D eigenvalue weighted by Gasteiger charge is 2.32. The maximum atomic E-state index is 13.5. The molecule has 174 valence electrons. The lowest BCUT2D eigenvalue weighted by molar-refractivity contribution is -0.137. The molecule has 0 spiro atoms. The van der Waals surface area contributed by atoms with Gasteiger partial charge >= 0.3 is 18.0 Å². The van der Waals surface area contributed by atoms with Crippen LogP contribution in [-0.2, 0) is 15.8 Å². The van der Waals surface area contributed by atoms with Crippen LogP contribution >= 0.6 is 0 Å². The monoisotopic (exact) mass is 468 g/mol. The molecule has 2 amide bonds. The third kappa shape index (κ3) is 5.04. The van der Waals surface area contributed by atoms with E-state index in [1.54, 1.807) is 0 Å². The second-order valence-electron chi connectivity index (χ2n) is 7.57. The van der Waals surface area contributed by atoms with E-state index in [0.29, 0.717) is 25.5 Å². The van der Waals surface area contributed by atoms with E-state index in [0.717, 1.165) is 24.3 Å². The van der Waals surface area contributed by atoms with Gasteiger partial charge in [-0.15, -0.1) is 0 Å². The summed E-state index contributed by atoms with van der Waals surface area (Å²) in [4.78, 5) is 30.8. The highest BCUT2D eigenvalue weighted by Crippen LogP contribution is 2.30. The van der Waals surface area contributed by atoms with Crippen molar-refractivity contribution < 1.29 is 36.3 Å². The zero-order valence-corrected chi connectivity index (χ0v) is 16.8. The predicted octanol–water partition coefficient (Wildman–Crippen LogP) is 3.91. The van der Waals surface area contributed by atoms with Crippen LogP contribution in [0.1, 0.15) is 24.8 Å². The van der Waals surface area contributed by atoms with E-state index in [1.165, 1.54) is 6.20 Å². The molecule has 0 aliphatic heterocycles. The van der Waals surface area contributed by atoms with E-state index in [-0.39, 0.29) is 22.5 Å². The Morgan fingerprint density at radius 3 is 2.55 bits per heavy atom. The number of hydrogen-bond acceptors (Lipinski definition) is 4. The summed E-state index contributed by atoms with van der Waals surface area (Å²) in [5.41, 5.74) is -0.525. The van der Waals surface area contributed by atoms with Gasteiger partial charge in [-0.2, -0.15) is 13.2 Å². The van der Waals surface area contributed by atoms with Gasteiger partial charge in [0.05, 0.1) is 16.8 Å². The van der Waals surface area contributed by atoms with Gasteiger partial charge < -0.3 is 20.4 Å². The number of ether oxygens (including phenoxy) is 1. The van der Waals surface area contributed by atoms with Gasteiger partial charge in [-0.05, 0) is 25.0 Å². The number of fused-ring (bicyclic) bond motifs is 1. The van der Waals surface area contributed by atoms with Crippen molar-refractivity contribution in [2.24, 2.45) is 0 Å². The molecule has 1 aliphatic carbocycles. The van der Waals surface area contributed by atoms with Crippen molar-refractivity contribution in [1.29, 1.82) is 0 Å². The average Bonchev–Trinajstić information content (AvgIpc) is 3.35. The van der Waals surface area contributed by atoms with Crippen LogP contribution in [-0.4, -0.2) is 33.9 Å². The number of halogens is 5. The van der Waals surface area contributed by atoms with Gasteiger partial charge in [-0.25, -0.2) is 13.8 Å². The first kappa shape index (κ1) is 22.5. The van der Waals surface area contributed by atoms with Gasteiger partial charge in [-0.3, -0.25) is 9.59 Å². The number of aromatic amines is 1. The maximum Gasteiger partial charge on any atom is 0.417 e. The van der Waals surface area contributed by atoms with E-state index in [2.05, 4.69) is 20.6 Å². The van der Waals surface area contributed by atoms with Gasteiger partial charge in [0.2, 0.25) is 5.88 Å². The number of rotatable bonds is 4. The second-order valence-corrected chi connectivity index (χ2v) is 7.57. The number of carbonyl (C=O) groups excluding carboxylic acids is 2. The quantitative estimate of drug-likeness (QED) is 0.400. The summed E-state index contributed by atoms with van der Waals surface area (Å²) in [7, 11) is 0. The maximum absolute atomic E-state index is 13.5. The minimum absolute atomic E-state index is 0.0284. The molecule has 1 fully saturated rings. The molecule has 0 saturated heterocycles. The van der Waals surface area contributed by atoms with E-state index < -0.39 is 47.3 Å². The smallest absolute Gasteiger partial charge is 0.417 e. The lowest BCUT2D eigenvalue weighted by Gasteiger charge is -2.15. The number of benzene rings is 1. The van der Waals surface area contributed by atoms with Crippen LogP contribution in [0.15, 0.2) is 36.7 Å². The molecule has 2 heterocycles. The Morgan fingerprint density at radius 1 is 1.09 bits per heavy atom. The molecule has 2 unspecified atom stereocenters. The number of anilines is 1.